The van der Waals surface area contributed by atoms with Crippen molar-refractivity contribution in [3.8, 4) is 0 Å². The van der Waals surface area contributed by atoms with Gasteiger partial charge in [0.2, 0.25) is 17.7 Å². The molecule has 2 aliphatic rings. The third kappa shape index (κ3) is 8.42. The van der Waals surface area contributed by atoms with Crippen molar-refractivity contribution in [1.29, 1.82) is 0 Å². The number of nitrogens with one attached hydrogen (secondary N) is 2. The molecule has 0 bridgehead atoms. The minimum Gasteiger partial charge on any atom is -0.342 e. The van der Waals surface area contributed by atoms with Gasteiger partial charge in [-0.05, 0) is 67.0 Å². The Kier molecular flexibility index (Phi) is 10.6. The molecule has 2 N–H and O–H groups in total. The van der Waals surface area contributed by atoms with Crippen molar-refractivity contribution in [2.24, 2.45) is 5.92 Å². The molecule has 3 aromatic rings. The third-order valence-corrected chi connectivity index (χ3v) is 9.87. The lowest BCUT2D eigenvalue weighted by molar-refractivity contribution is -0.896. The fraction of sp³-hybridized carbons (Fsp3) is 0.405. The normalized spacial score (nSPS) is 18.3. The quantitative estimate of drug-likeness (QED) is 0.223. The molecule has 2 heterocycles. The summed E-state index contributed by atoms with van der Waals surface area (Å²) in [5.74, 6) is -0.754. The van der Waals surface area contributed by atoms with E-state index in [0.29, 0.717) is 29.1 Å². The molecule has 242 valence electrons. The van der Waals surface area contributed by atoms with E-state index < -0.39 is 12.1 Å². The van der Waals surface area contributed by atoms with Gasteiger partial charge in [-0.15, -0.1) is 0 Å². The van der Waals surface area contributed by atoms with Gasteiger partial charge in [-0.25, -0.2) is 0 Å². The highest BCUT2D eigenvalue weighted by Gasteiger charge is 2.37. The minimum absolute atomic E-state index is 0.00435. The zero-order valence-electron chi connectivity index (χ0n) is 26.9. The number of rotatable bonds is 10. The average Bonchev–Trinajstić information content (AvgIpc) is 3.05. The van der Waals surface area contributed by atoms with Gasteiger partial charge in [0.05, 0.1) is 27.2 Å². The van der Waals surface area contributed by atoms with Gasteiger partial charge in [-0.1, -0.05) is 66.2 Å². The van der Waals surface area contributed by atoms with Crippen LogP contribution in [0.4, 0.5) is 5.69 Å². The molecule has 9 heteroatoms. The highest BCUT2D eigenvalue weighted by molar-refractivity contribution is 6.31. The van der Waals surface area contributed by atoms with E-state index in [0.717, 1.165) is 47.1 Å². The number of aryl methyl sites for hydroxylation is 1. The standard InChI is InChI=1S/C37H43ClN4O4/c1-25-21-30(13-14-31(25)38)39-36(45)32(22-26-17-19-42(2,3)20-18-26)40-37(46)33-23-28-11-7-8-12-29(28)24-41(33)35(44)16-15-34(43)27-9-5-4-6-10-27/h4-14,21,26,32-33H,15-20,22-24H2,1-3H3,(H-,39,40,45,46)/p+1. The number of hydrogen-bond donors (Lipinski definition) is 2. The Labute approximate surface area is 276 Å². The molecule has 0 radical (unpaired) electrons. The molecule has 3 aromatic carbocycles. The summed E-state index contributed by atoms with van der Waals surface area (Å²) in [4.78, 5) is 55.9. The summed E-state index contributed by atoms with van der Waals surface area (Å²) in [6.07, 6.45) is 2.81. The summed E-state index contributed by atoms with van der Waals surface area (Å²) in [6.45, 7) is 4.15. The third-order valence-electron chi connectivity index (χ3n) is 9.45. The van der Waals surface area contributed by atoms with Crippen molar-refractivity contribution in [2.45, 2.75) is 64.1 Å². The van der Waals surface area contributed by atoms with Crippen LogP contribution in [0.5, 0.6) is 0 Å². The Morgan fingerprint density at radius 1 is 0.913 bits per heavy atom. The molecule has 2 aliphatic heterocycles. The summed E-state index contributed by atoms with van der Waals surface area (Å²) < 4.78 is 0.940. The van der Waals surface area contributed by atoms with Crippen molar-refractivity contribution >= 4 is 40.8 Å². The first-order valence-electron chi connectivity index (χ1n) is 16.1. The van der Waals surface area contributed by atoms with Gasteiger partial charge in [-0.2, -0.15) is 0 Å². The van der Waals surface area contributed by atoms with E-state index in [4.69, 9.17) is 11.6 Å². The fourth-order valence-electron chi connectivity index (χ4n) is 6.49. The summed E-state index contributed by atoms with van der Waals surface area (Å²) >= 11 is 6.21. The van der Waals surface area contributed by atoms with Crippen molar-refractivity contribution < 1.29 is 23.7 Å². The fourth-order valence-corrected chi connectivity index (χ4v) is 6.61. The van der Waals surface area contributed by atoms with E-state index >= 15 is 0 Å². The number of Topliss-reactive ketones (excluding diaryl/α,β-unsaturated/α-hetero) is 1. The van der Waals surface area contributed by atoms with E-state index in [9.17, 15) is 19.2 Å². The lowest BCUT2D eigenvalue weighted by Gasteiger charge is -2.39. The molecular weight excluding hydrogens is 600 g/mol. The van der Waals surface area contributed by atoms with Crippen LogP contribution in [0.2, 0.25) is 5.02 Å². The molecular formula is C37H44ClN4O4+. The Balaban J connectivity index is 1.34. The van der Waals surface area contributed by atoms with Gasteiger partial charge >= 0.3 is 0 Å². The minimum atomic E-state index is -0.802. The first-order valence-corrected chi connectivity index (χ1v) is 16.5. The summed E-state index contributed by atoms with van der Waals surface area (Å²) in [5, 5.41) is 6.66. The second-order valence-electron chi connectivity index (χ2n) is 13.4. The molecule has 0 aromatic heterocycles. The Hall–Kier alpha value is -4.01. The van der Waals surface area contributed by atoms with Crippen LogP contribution in [0.3, 0.4) is 0 Å². The van der Waals surface area contributed by atoms with Gasteiger partial charge in [0.15, 0.2) is 5.78 Å². The van der Waals surface area contributed by atoms with Gasteiger partial charge in [0.1, 0.15) is 12.1 Å². The number of carbonyl (C=O) groups is 4. The summed E-state index contributed by atoms with van der Waals surface area (Å²) in [6, 6.07) is 20.4. The number of amides is 3. The van der Waals surface area contributed by atoms with Crippen LogP contribution in [-0.2, 0) is 27.3 Å². The number of likely N-dealkylation sites (tertiary alicyclic amines) is 1. The number of quaternary nitrogens is 1. The van der Waals surface area contributed by atoms with E-state index in [-0.39, 0.29) is 48.8 Å². The molecule has 46 heavy (non-hydrogen) atoms. The Morgan fingerprint density at radius 3 is 2.28 bits per heavy atom. The number of piperidine rings is 1. The topological polar surface area (TPSA) is 95.6 Å². The lowest BCUT2D eigenvalue weighted by atomic mass is 9.88. The molecule has 0 saturated carbocycles. The van der Waals surface area contributed by atoms with Crippen LogP contribution in [0.25, 0.3) is 0 Å². The van der Waals surface area contributed by atoms with Crippen molar-refractivity contribution in [3.05, 3.63) is 100 Å². The predicted molar refractivity (Wildman–Crippen MR) is 180 cm³/mol. The Bertz CT molecular complexity index is 1580. The van der Waals surface area contributed by atoms with Crippen LogP contribution >= 0.6 is 11.6 Å². The summed E-state index contributed by atoms with van der Waals surface area (Å²) in [7, 11) is 4.43. The highest BCUT2D eigenvalue weighted by Crippen LogP contribution is 2.28. The average molecular weight is 644 g/mol. The number of nitrogens with zero attached hydrogens (tertiary/aromatic N) is 2. The molecule has 5 rings (SSSR count). The largest absolute Gasteiger partial charge is 0.342 e. The SMILES string of the molecule is Cc1cc(NC(=O)C(CC2CC[N+](C)(C)CC2)NC(=O)C2Cc3ccccc3CN2C(=O)CCC(=O)c2ccccc2)ccc1Cl. The van der Waals surface area contributed by atoms with Gasteiger partial charge in [0.25, 0.3) is 0 Å². The maximum Gasteiger partial charge on any atom is 0.246 e. The van der Waals surface area contributed by atoms with E-state index in [1.54, 1.807) is 41.3 Å². The summed E-state index contributed by atoms with van der Waals surface area (Å²) in [5.41, 5.74) is 3.98. The predicted octanol–water partition coefficient (Wildman–Crippen LogP) is 5.56. The monoisotopic (exact) mass is 643 g/mol. The highest BCUT2D eigenvalue weighted by atomic mass is 35.5. The first kappa shape index (κ1) is 33.4. The number of ketones is 1. The van der Waals surface area contributed by atoms with Gasteiger partial charge in [-0.3, -0.25) is 19.2 Å². The van der Waals surface area contributed by atoms with Crippen LogP contribution in [0, 0.1) is 12.8 Å². The van der Waals surface area contributed by atoms with E-state index in [1.807, 2.05) is 43.3 Å². The lowest BCUT2D eigenvalue weighted by Crippen LogP contribution is -2.56. The zero-order valence-corrected chi connectivity index (χ0v) is 27.7. The van der Waals surface area contributed by atoms with Gasteiger partial charge in [0, 0.05) is 42.1 Å². The molecule has 2 atom stereocenters. The van der Waals surface area contributed by atoms with Crippen molar-refractivity contribution in [2.75, 3.05) is 32.5 Å². The van der Waals surface area contributed by atoms with Gasteiger partial charge < -0.3 is 20.0 Å². The molecule has 3 amide bonds. The maximum atomic E-state index is 14.1. The Morgan fingerprint density at radius 2 is 1.59 bits per heavy atom. The molecule has 0 aliphatic carbocycles. The first-order chi connectivity index (χ1) is 22.0. The van der Waals surface area contributed by atoms with Crippen molar-refractivity contribution in [1.82, 2.24) is 10.2 Å². The second-order valence-corrected chi connectivity index (χ2v) is 13.8. The van der Waals surface area contributed by atoms with Crippen LogP contribution in [-0.4, -0.2) is 72.2 Å². The van der Waals surface area contributed by atoms with Crippen LogP contribution in [0.1, 0.15) is 59.2 Å². The zero-order chi connectivity index (χ0) is 32.8. The number of hydrogen-bond acceptors (Lipinski definition) is 4. The maximum absolute atomic E-state index is 14.1. The van der Waals surface area contributed by atoms with E-state index in [1.165, 1.54) is 0 Å². The molecule has 1 fully saturated rings. The number of anilines is 1. The number of benzene rings is 3. The molecule has 2 unspecified atom stereocenters. The van der Waals surface area contributed by atoms with Crippen LogP contribution < -0.4 is 10.6 Å². The number of halogens is 1. The van der Waals surface area contributed by atoms with Crippen LogP contribution in [0.15, 0.2) is 72.8 Å². The van der Waals surface area contributed by atoms with E-state index in [2.05, 4.69) is 24.7 Å². The number of carbonyl (C=O) groups excluding carboxylic acids is 4. The second kappa shape index (κ2) is 14.6. The number of fused-ring (bicyclic) bond motifs is 1. The van der Waals surface area contributed by atoms with Crippen molar-refractivity contribution in [3.63, 3.8) is 0 Å². The molecule has 8 nitrogen and oxygen atoms in total. The smallest absolute Gasteiger partial charge is 0.246 e. The molecule has 1 saturated heterocycles. The molecule has 0 spiro atoms.